The summed E-state index contributed by atoms with van der Waals surface area (Å²) < 4.78 is 0. The molecule has 0 bridgehead atoms. The summed E-state index contributed by atoms with van der Waals surface area (Å²) >= 11 is 0. The summed E-state index contributed by atoms with van der Waals surface area (Å²) in [6.07, 6.45) is 1.10. The lowest BCUT2D eigenvalue weighted by atomic mass is 9.88. The van der Waals surface area contributed by atoms with Crippen molar-refractivity contribution >= 4 is 10.9 Å². The number of rotatable bonds is 1. The molecule has 1 aliphatic heterocycles. The number of aryl methyl sites for hydroxylation is 4. The van der Waals surface area contributed by atoms with Gasteiger partial charge in [0, 0.05) is 23.1 Å². The third kappa shape index (κ3) is 2.29. The van der Waals surface area contributed by atoms with Crippen molar-refractivity contribution in [1.82, 2.24) is 10.3 Å². The number of H-pyrrole nitrogens is 1. The van der Waals surface area contributed by atoms with Gasteiger partial charge in [-0.15, -0.1) is 0 Å². The fourth-order valence-electron chi connectivity index (χ4n) is 4.23. The van der Waals surface area contributed by atoms with Gasteiger partial charge in [0.2, 0.25) is 0 Å². The average molecular weight is 304 g/mol. The van der Waals surface area contributed by atoms with Crippen LogP contribution in [0.2, 0.25) is 0 Å². The van der Waals surface area contributed by atoms with E-state index in [-0.39, 0.29) is 6.04 Å². The summed E-state index contributed by atoms with van der Waals surface area (Å²) in [7, 11) is 0. The standard InChI is InChI=1S/C21H24N2/c1-12-5-6-18-17(11-12)16-7-8-22-21(20(16)23-18)19-14(3)9-13(2)10-15(19)4/h5-6,9-11,21-23H,7-8H2,1-4H3. The van der Waals surface area contributed by atoms with Crippen LogP contribution in [0.5, 0.6) is 0 Å². The molecular formula is C21H24N2. The van der Waals surface area contributed by atoms with Crippen molar-refractivity contribution in [1.29, 1.82) is 0 Å². The molecule has 2 heteroatoms. The van der Waals surface area contributed by atoms with Gasteiger partial charge in [-0.1, -0.05) is 29.3 Å². The van der Waals surface area contributed by atoms with Gasteiger partial charge in [0.25, 0.3) is 0 Å². The van der Waals surface area contributed by atoms with Crippen LogP contribution in [0.25, 0.3) is 10.9 Å². The first-order chi connectivity index (χ1) is 11.0. The zero-order valence-electron chi connectivity index (χ0n) is 14.4. The Morgan fingerprint density at radius 2 is 1.65 bits per heavy atom. The van der Waals surface area contributed by atoms with Gasteiger partial charge in [-0.3, -0.25) is 0 Å². The normalized spacial score (nSPS) is 17.5. The Morgan fingerprint density at radius 3 is 2.39 bits per heavy atom. The molecule has 2 N–H and O–H groups in total. The number of hydrogen-bond acceptors (Lipinski definition) is 1. The first-order valence-electron chi connectivity index (χ1n) is 8.47. The summed E-state index contributed by atoms with van der Waals surface area (Å²) in [4.78, 5) is 3.70. The Morgan fingerprint density at radius 1 is 0.913 bits per heavy atom. The molecule has 2 aromatic carbocycles. The second kappa shape index (κ2) is 5.24. The van der Waals surface area contributed by atoms with Gasteiger partial charge in [-0.25, -0.2) is 0 Å². The van der Waals surface area contributed by atoms with E-state index in [1.54, 1.807) is 0 Å². The second-order valence-corrected chi connectivity index (χ2v) is 7.02. The molecule has 3 aromatic rings. The van der Waals surface area contributed by atoms with Crippen LogP contribution in [-0.4, -0.2) is 11.5 Å². The Balaban J connectivity index is 1.93. The Labute approximate surface area is 137 Å². The maximum atomic E-state index is 3.74. The summed E-state index contributed by atoms with van der Waals surface area (Å²) in [5, 5.41) is 5.13. The zero-order chi connectivity index (χ0) is 16.1. The highest BCUT2D eigenvalue weighted by Gasteiger charge is 2.27. The van der Waals surface area contributed by atoms with Gasteiger partial charge in [0.05, 0.1) is 6.04 Å². The van der Waals surface area contributed by atoms with Crippen LogP contribution in [0.3, 0.4) is 0 Å². The van der Waals surface area contributed by atoms with Crippen molar-refractivity contribution in [2.45, 2.75) is 40.2 Å². The number of nitrogens with one attached hydrogen (secondary N) is 2. The van der Waals surface area contributed by atoms with Crippen LogP contribution < -0.4 is 5.32 Å². The van der Waals surface area contributed by atoms with E-state index < -0.39 is 0 Å². The molecule has 1 unspecified atom stereocenters. The van der Waals surface area contributed by atoms with Crippen LogP contribution in [-0.2, 0) is 6.42 Å². The summed E-state index contributed by atoms with van der Waals surface area (Å²) in [6.45, 7) is 9.85. The van der Waals surface area contributed by atoms with E-state index in [0.29, 0.717) is 0 Å². The highest BCUT2D eigenvalue weighted by atomic mass is 15.0. The molecule has 4 rings (SSSR count). The molecular weight excluding hydrogens is 280 g/mol. The van der Waals surface area contributed by atoms with E-state index in [9.17, 15) is 0 Å². The van der Waals surface area contributed by atoms with Crippen molar-refractivity contribution in [3.8, 4) is 0 Å². The number of fused-ring (bicyclic) bond motifs is 3. The van der Waals surface area contributed by atoms with Crippen molar-refractivity contribution in [2.75, 3.05) is 6.54 Å². The minimum atomic E-state index is 0.270. The number of aromatic nitrogens is 1. The molecule has 0 spiro atoms. The largest absolute Gasteiger partial charge is 0.357 e. The molecule has 0 saturated carbocycles. The molecule has 0 aliphatic carbocycles. The molecule has 2 heterocycles. The molecule has 118 valence electrons. The van der Waals surface area contributed by atoms with Crippen molar-refractivity contribution in [2.24, 2.45) is 0 Å². The number of benzene rings is 2. The van der Waals surface area contributed by atoms with Crippen LogP contribution in [0.4, 0.5) is 0 Å². The lowest BCUT2D eigenvalue weighted by molar-refractivity contribution is 0.556. The summed E-state index contributed by atoms with van der Waals surface area (Å²) in [5.41, 5.74) is 11.0. The molecule has 0 saturated heterocycles. The van der Waals surface area contributed by atoms with Gasteiger partial charge in [-0.2, -0.15) is 0 Å². The second-order valence-electron chi connectivity index (χ2n) is 7.02. The fraction of sp³-hybridized carbons (Fsp3) is 0.333. The van der Waals surface area contributed by atoms with Gasteiger partial charge < -0.3 is 10.3 Å². The zero-order valence-corrected chi connectivity index (χ0v) is 14.4. The Bertz CT molecular complexity index is 879. The molecule has 0 radical (unpaired) electrons. The number of aromatic amines is 1. The van der Waals surface area contributed by atoms with Crippen LogP contribution >= 0.6 is 0 Å². The number of hydrogen-bond donors (Lipinski definition) is 2. The van der Waals surface area contributed by atoms with Gasteiger partial charge in [-0.05, 0) is 68.5 Å². The lowest BCUT2D eigenvalue weighted by Gasteiger charge is -2.28. The van der Waals surface area contributed by atoms with E-state index in [0.717, 1.165) is 13.0 Å². The first-order valence-corrected chi connectivity index (χ1v) is 8.47. The van der Waals surface area contributed by atoms with Crippen LogP contribution in [0.15, 0.2) is 30.3 Å². The minimum absolute atomic E-state index is 0.270. The van der Waals surface area contributed by atoms with Gasteiger partial charge in [0.1, 0.15) is 0 Å². The first kappa shape index (κ1) is 14.5. The quantitative estimate of drug-likeness (QED) is 0.673. The van der Waals surface area contributed by atoms with E-state index >= 15 is 0 Å². The van der Waals surface area contributed by atoms with Crippen LogP contribution in [0, 0.1) is 27.7 Å². The topological polar surface area (TPSA) is 27.8 Å². The average Bonchev–Trinajstić information content (AvgIpc) is 2.85. The predicted octanol–water partition coefficient (Wildman–Crippen LogP) is 4.64. The summed E-state index contributed by atoms with van der Waals surface area (Å²) in [6, 6.07) is 11.6. The monoisotopic (exact) mass is 304 g/mol. The molecule has 23 heavy (non-hydrogen) atoms. The molecule has 1 atom stereocenters. The fourth-order valence-corrected chi connectivity index (χ4v) is 4.23. The molecule has 0 fully saturated rings. The van der Waals surface area contributed by atoms with E-state index in [1.807, 2.05) is 0 Å². The third-order valence-electron chi connectivity index (χ3n) is 5.13. The third-order valence-corrected chi connectivity index (χ3v) is 5.13. The molecule has 1 aromatic heterocycles. The highest BCUT2D eigenvalue weighted by Crippen LogP contribution is 2.36. The Kier molecular flexibility index (Phi) is 3.31. The van der Waals surface area contributed by atoms with Crippen molar-refractivity contribution in [3.63, 3.8) is 0 Å². The van der Waals surface area contributed by atoms with Crippen molar-refractivity contribution < 1.29 is 0 Å². The maximum absolute atomic E-state index is 3.74. The minimum Gasteiger partial charge on any atom is -0.357 e. The maximum Gasteiger partial charge on any atom is 0.0737 e. The van der Waals surface area contributed by atoms with E-state index in [4.69, 9.17) is 0 Å². The van der Waals surface area contributed by atoms with Gasteiger partial charge >= 0.3 is 0 Å². The van der Waals surface area contributed by atoms with E-state index in [2.05, 4.69) is 68.3 Å². The Hall–Kier alpha value is -2.06. The van der Waals surface area contributed by atoms with E-state index in [1.165, 1.54) is 50.0 Å². The van der Waals surface area contributed by atoms with Gasteiger partial charge in [0.15, 0.2) is 0 Å². The smallest absolute Gasteiger partial charge is 0.0737 e. The summed E-state index contributed by atoms with van der Waals surface area (Å²) in [5.74, 6) is 0. The molecule has 1 aliphatic rings. The van der Waals surface area contributed by atoms with Crippen molar-refractivity contribution in [3.05, 3.63) is 69.4 Å². The molecule has 2 nitrogen and oxygen atoms in total. The molecule has 0 amide bonds. The van der Waals surface area contributed by atoms with Crippen LogP contribution in [0.1, 0.15) is 45.1 Å². The lowest BCUT2D eigenvalue weighted by Crippen LogP contribution is -2.31. The highest BCUT2D eigenvalue weighted by molar-refractivity contribution is 5.86. The SMILES string of the molecule is Cc1cc(C)c(C2NCCc3c2[nH]c2ccc(C)cc32)c(C)c1. The predicted molar refractivity (Wildman–Crippen MR) is 97.2 cm³/mol.